The highest BCUT2D eigenvalue weighted by molar-refractivity contribution is 5.94. The SMILES string of the molecule is CC(C)[C@H](N)C(=O)Nc1ccc(-n2cnnn2)cc1. The lowest BCUT2D eigenvalue weighted by Crippen LogP contribution is -2.39. The van der Waals surface area contributed by atoms with Crippen molar-refractivity contribution in [2.24, 2.45) is 11.7 Å². The first-order valence-corrected chi connectivity index (χ1v) is 5.98. The van der Waals surface area contributed by atoms with Crippen LogP contribution in [0.25, 0.3) is 5.69 Å². The van der Waals surface area contributed by atoms with E-state index in [0.29, 0.717) is 5.69 Å². The fourth-order valence-electron chi connectivity index (χ4n) is 1.51. The van der Waals surface area contributed by atoms with Crippen molar-refractivity contribution >= 4 is 11.6 Å². The van der Waals surface area contributed by atoms with E-state index in [4.69, 9.17) is 5.73 Å². The summed E-state index contributed by atoms with van der Waals surface area (Å²) in [6.45, 7) is 3.82. The first-order valence-electron chi connectivity index (χ1n) is 5.98. The number of carbonyl (C=O) groups excluding carboxylic acids is 1. The molecule has 1 amide bonds. The molecule has 0 aliphatic heterocycles. The summed E-state index contributed by atoms with van der Waals surface area (Å²) in [4.78, 5) is 11.8. The Morgan fingerprint density at radius 3 is 2.53 bits per heavy atom. The van der Waals surface area contributed by atoms with Crippen molar-refractivity contribution in [2.45, 2.75) is 19.9 Å². The maximum atomic E-state index is 11.8. The van der Waals surface area contributed by atoms with Gasteiger partial charge < -0.3 is 11.1 Å². The fourth-order valence-corrected chi connectivity index (χ4v) is 1.51. The predicted octanol–water partition coefficient (Wildman–Crippen LogP) is 0.584. The van der Waals surface area contributed by atoms with Gasteiger partial charge in [0.15, 0.2) is 0 Å². The number of nitrogens with two attached hydrogens (primary N) is 1. The lowest BCUT2D eigenvalue weighted by molar-refractivity contribution is -0.118. The van der Waals surface area contributed by atoms with Gasteiger partial charge >= 0.3 is 0 Å². The Bertz CT molecular complexity index is 534. The molecule has 19 heavy (non-hydrogen) atoms. The summed E-state index contributed by atoms with van der Waals surface area (Å²) in [6, 6.07) is 6.67. The molecule has 2 rings (SSSR count). The van der Waals surface area contributed by atoms with E-state index in [1.165, 1.54) is 11.0 Å². The lowest BCUT2D eigenvalue weighted by Gasteiger charge is -2.15. The minimum Gasteiger partial charge on any atom is -0.325 e. The number of aromatic nitrogens is 4. The molecule has 0 aliphatic carbocycles. The van der Waals surface area contributed by atoms with Crippen LogP contribution in [0, 0.1) is 5.92 Å². The Labute approximate surface area is 110 Å². The molecule has 0 aliphatic rings. The molecule has 2 aromatic rings. The van der Waals surface area contributed by atoms with E-state index >= 15 is 0 Å². The summed E-state index contributed by atoms with van der Waals surface area (Å²) in [5.41, 5.74) is 7.28. The smallest absolute Gasteiger partial charge is 0.241 e. The van der Waals surface area contributed by atoms with Crippen LogP contribution in [0.5, 0.6) is 0 Å². The number of benzene rings is 1. The van der Waals surface area contributed by atoms with E-state index in [2.05, 4.69) is 20.8 Å². The molecule has 1 aromatic carbocycles. The third kappa shape index (κ3) is 3.14. The standard InChI is InChI=1S/C12H16N6O/c1-8(2)11(13)12(19)15-9-3-5-10(6-4-9)18-7-14-16-17-18/h3-8,11H,13H2,1-2H3,(H,15,19)/t11-/m0/s1. The highest BCUT2D eigenvalue weighted by Gasteiger charge is 2.16. The van der Waals surface area contributed by atoms with E-state index in [1.54, 1.807) is 12.1 Å². The number of nitrogens with one attached hydrogen (secondary N) is 1. The van der Waals surface area contributed by atoms with Crippen molar-refractivity contribution in [2.75, 3.05) is 5.32 Å². The zero-order valence-corrected chi connectivity index (χ0v) is 10.8. The summed E-state index contributed by atoms with van der Waals surface area (Å²) >= 11 is 0. The largest absolute Gasteiger partial charge is 0.325 e. The van der Waals surface area contributed by atoms with E-state index in [9.17, 15) is 4.79 Å². The van der Waals surface area contributed by atoms with Crippen LogP contribution in [0.4, 0.5) is 5.69 Å². The van der Waals surface area contributed by atoms with Crippen LogP contribution in [-0.2, 0) is 4.79 Å². The zero-order chi connectivity index (χ0) is 13.8. The molecule has 0 bridgehead atoms. The molecule has 1 aromatic heterocycles. The van der Waals surface area contributed by atoms with Gasteiger partial charge in [0.2, 0.25) is 5.91 Å². The van der Waals surface area contributed by atoms with Crippen LogP contribution in [-0.4, -0.2) is 32.2 Å². The highest BCUT2D eigenvalue weighted by Crippen LogP contribution is 2.12. The van der Waals surface area contributed by atoms with Gasteiger partial charge in [0.25, 0.3) is 0 Å². The molecule has 3 N–H and O–H groups in total. The number of hydrogen-bond donors (Lipinski definition) is 2. The Balaban J connectivity index is 2.05. The maximum Gasteiger partial charge on any atom is 0.241 e. The highest BCUT2D eigenvalue weighted by atomic mass is 16.2. The predicted molar refractivity (Wildman–Crippen MR) is 70.6 cm³/mol. The summed E-state index contributed by atoms with van der Waals surface area (Å²) in [5, 5.41) is 13.7. The van der Waals surface area contributed by atoms with Crippen LogP contribution in [0.15, 0.2) is 30.6 Å². The molecule has 0 saturated carbocycles. The first kappa shape index (κ1) is 13.2. The molecule has 0 spiro atoms. The maximum absolute atomic E-state index is 11.8. The summed E-state index contributed by atoms with van der Waals surface area (Å²) in [7, 11) is 0. The molecule has 0 radical (unpaired) electrons. The minimum absolute atomic E-state index is 0.0977. The van der Waals surface area contributed by atoms with Crippen molar-refractivity contribution in [3.05, 3.63) is 30.6 Å². The number of amides is 1. The van der Waals surface area contributed by atoms with Crippen LogP contribution in [0.1, 0.15) is 13.8 Å². The van der Waals surface area contributed by atoms with Gasteiger partial charge in [-0.25, -0.2) is 4.68 Å². The van der Waals surface area contributed by atoms with Gasteiger partial charge in [0.1, 0.15) is 6.33 Å². The molecule has 0 saturated heterocycles. The second-order valence-electron chi connectivity index (χ2n) is 4.56. The van der Waals surface area contributed by atoms with Gasteiger partial charge in [-0.05, 0) is 40.6 Å². The Morgan fingerprint density at radius 1 is 1.32 bits per heavy atom. The van der Waals surface area contributed by atoms with Crippen molar-refractivity contribution in [1.29, 1.82) is 0 Å². The summed E-state index contributed by atoms with van der Waals surface area (Å²) in [5.74, 6) is -0.0920. The third-order valence-electron chi connectivity index (χ3n) is 2.77. The van der Waals surface area contributed by atoms with Crippen molar-refractivity contribution < 1.29 is 4.79 Å². The molecule has 0 unspecified atom stereocenters. The van der Waals surface area contributed by atoms with Crippen LogP contribution in [0.2, 0.25) is 0 Å². The average molecular weight is 260 g/mol. The van der Waals surface area contributed by atoms with Crippen LogP contribution < -0.4 is 11.1 Å². The molecule has 7 nitrogen and oxygen atoms in total. The topological polar surface area (TPSA) is 98.7 Å². The van der Waals surface area contributed by atoms with Gasteiger partial charge in [-0.1, -0.05) is 13.8 Å². The molecule has 0 fully saturated rings. The van der Waals surface area contributed by atoms with E-state index in [-0.39, 0.29) is 11.8 Å². The Hall–Kier alpha value is -2.28. The Morgan fingerprint density at radius 2 is 2.00 bits per heavy atom. The van der Waals surface area contributed by atoms with E-state index in [1.807, 2.05) is 26.0 Å². The molecule has 1 heterocycles. The number of tetrazole rings is 1. The van der Waals surface area contributed by atoms with Gasteiger partial charge in [0.05, 0.1) is 11.7 Å². The normalized spacial score (nSPS) is 12.4. The summed E-state index contributed by atoms with van der Waals surface area (Å²) < 4.78 is 1.53. The number of hydrogen-bond acceptors (Lipinski definition) is 5. The third-order valence-corrected chi connectivity index (χ3v) is 2.77. The zero-order valence-electron chi connectivity index (χ0n) is 10.8. The Kier molecular flexibility index (Phi) is 3.86. The van der Waals surface area contributed by atoms with Crippen molar-refractivity contribution in [3.63, 3.8) is 0 Å². The number of carbonyl (C=O) groups is 1. The first-order chi connectivity index (χ1) is 9.08. The van der Waals surface area contributed by atoms with Crippen LogP contribution >= 0.6 is 0 Å². The van der Waals surface area contributed by atoms with Gasteiger partial charge in [-0.3, -0.25) is 4.79 Å². The fraction of sp³-hybridized carbons (Fsp3) is 0.333. The molecular formula is C12H16N6O. The molecular weight excluding hydrogens is 244 g/mol. The molecule has 7 heteroatoms. The molecule has 100 valence electrons. The van der Waals surface area contributed by atoms with Gasteiger partial charge in [0, 0.05) is 5.69 Å². The van der Waals surface area contributed by atoms with E-state index in [0.717, 1.165) is 5.69 Å². The second kappa shape index (κ2) is 5.57. The monoisotopic (exact) mass is 260 g/mol. The summed E-state index contributed by atoms with van der Waals surface area (Å²) in [6.07, 6.45) is 1.50. The second-order valence-corrected chi connectivity index (χ2v) is 4.56. The van der Waals surface area contributed by atoms with Gasteiger partial charge in [-0.2, -0.15) is 0 Å². The van der Waals surface area contributed by atoms with Crippen LogP contribution in [0.3, 0.4) is 0 Å². The van der Waals surface area contributed by atoms with E-state index < -0.39 is 6.04 Å². The molecule has 1 atom stereocenters. The number of nitrogens with zero attached hydrogens (tertiary/aromatic N) is 4. The minimum atomic E-state index is -0.515. The van der Waals surface area contributed by atoms with Gasteiger partial charge in [-0.15, -0.1) is 5.10 Å². The number of anilines is 1. The number of rotatable bonds is 4. The quantitative estimate of drug-likeness (QED) is 0.838. The van der Waals surface area contributed by atoms with Crippen molar-refractivity contribution in [1.82, 2.24) is 20.2 Å². The average Bonchev–Trinajstić information content (AvgIpc) is 2.92. The van der Waals surface area contributed by atoms with Crippen molar-refractivity contribution in [3.8, 4) is 5.69 Å². The lowest BCUT2D eigenvalue weighted by atomic mass is 10.0.